The quantitative estimate of drug-likeness (QED) is 0.546. The second kappa shape index (κ2) is 9.91. The van der Waals surface area contributed by atoms with Crippen LogP contribution in [0.3, 0.4) is 0 Å². The molecule has 3 aromatic rings. The summed E-state index contributed by atoms with van der Waals surface area (Å²) in [5.41, 5.74) is 3.31. The molecule has 1 fully saturated rings. The molecule has 0 saturated heterocycles. The molecule has 1 aliphatic carbocycles. The maximum atomic E-state index is 12.6. The first-order valence-corrected chi connectivity index (χ1v) is 11.5. The smallest absolute Gasteiger partial charge is 0.286 e. The van der Waals surface area contributed by atoms with Crippen molar-refractivity contribution in [3.8, 4) is 5.75 Å². The first-order valence-electron chi connectivity index (χ1n) is 10.7. The fourth-order valence-electron chi connectivity index (χ4n) is 3.83. The predicted octanol–water partition coefficient (Wildman–Crippen LogP) is 4.66. The van der Waals surface area contributed by atoms with Crippen LogP contribution in [-0.4, -0.2) is 28.1 Å². The molecular weight excluding hydrogens is 424 g/mol. The van der Waals surface area contributed by atoms with E-state index in [4.69, 9.17) is 4.74 Å². The van der Waals surface area contributed by atoms with Crippen molar-refractivity contribution in [2.75, 3.05) is 5.32 Å². The van der Waals surface area contributed by atoms with Crippen LogP contribution in [0, 0.1) is 13.8 Å². The number of rotatable bonds is 7. The van der Waals surface area contributed by atoms with Gasteiger partial charge in [-0.1, -0.05) is 36.3 Å². The van der Waals surface area contributed by atoms with Crippen LogP contribution >= 0.6 is 11.3 Å². The second-order valence-corrected chi connectivity index (χ2v) is 9.16. The van der Waals surface area contributed by atoms with Gasteiger partial charge in [-0.15, -0.1) is 10.2 Å². The molecule has 4 rings (SSSR count). The van der Waals surface area contributed by atoms with Crippen LogP contribution in [0.2, 0.25) is 0 Å². The zero-order valence-corrected chi connectivity index (χ0v) is 19.0. The van der Waals surface area contributed by atoms with Crippen molar-refractivity contribution >= 4 is 28.8 Å². The number of anilines is 1. The number of amides is 2. The molecule has 2 N–H and O–H groups in total. The van der Waals surface area contributed by atoms with E-state index in [1.807, 2.05) is 26.0 Å². The summed E-state index contributed by atoms with van der Waals surface area (Å²) in [5, 5.41) is 14.8. The van der Waals surface area contributed by atoms with E-state index in [2.05, 4.69) is 26.9 Å². The van der Waals surface area contributed by atoms with Gasteiger partial charge in [-0.05, 0) is 68.1 Å². The van der Waals surface area contributed by atoms with Crippen molar-refractivity contribution in [2.24, 2.45) is 0 Å². The number of hydrogen-bond acceptors (Lipinski definition) is 6. The van der Waals surface area contributed by atoms with E-state index in [9.17, 15) is 9.59 Å². The highest BCUT2D eigenvalue weighted by Gasteiger charge is 2.19. The SMILES string of the molecule is Cc1cc(C)cc(OCc2nnc(C(=O)Nc3cccc(C(=O)NC4CCCC4)c3)s2)c1. The van der Waals surface area contributed by atoms with Crippen LogP contribution in [0.4, 0.5) is 5.69 Å². The number of carbonyl (C=O) groups is 2. The van der Waals surface area contributed by atoms with E-state index >= 15 is 0 Å². The summed E-state index contributed by atoms with van der Waals surface area (Å²) in [7, 11) is 0. The number of benzene rings is 2. The van der Waals surface area contributed by atoms with Crippen molar-refractivity contribution < 1.29 is 14.3 Å². The van der Waals surface area contributed by atoms with Crippen LogP contribution in [0.1, 0.15) is 62.0 Å². The Morgan fingerprint density at radius 3 is 2.53 bits per heavy atom. The third-order valence-electron chi connectivity index (χ3n) is 5.29. The Morgan fingerprint density at radius 2 is 1.78 bits per heavy atom. The van der Waals surface area contributed by atoms with Crippen LogP contribution < -0.4 is 15.4 Å². The molecular formula is C24H26N4O3S. The van der Waals surface area contributed by atoms with E-state index in [1.165, 1.54) is 11.3 Å². The topological polar surface area (TPSA) is 93.2 Å². The molecule has 32 heavy (non-hydrogen) atoms. The lowest BCUT2D eigenvalue weighted by Gasteiger charge is -2.12. The highest BCUT2D eigenvalue weighted by molar-refractivity contribution is 7.13. The van der Waals surface area contributed by atoms with E-state index < -0.39 is 0 Å². The largest absolute Gasteiger partial charge is 0.486 e. The highest BCUT2D eigenvalue weighted by atomic mass is 32.1. The number of hydrogen-bond donors (Lipinski definition) is 2. The molecule has 1 aromatic heterocycles. The number of nitrogens with one attached hydrogen (secondary N) is 2. The van der Waals surface area contributed by atoms with Gasteiger partial charge < -0.3 is 15.4 Å². The second-order valence-electron chi connectivity index (χ2n) is 8.10. The molecule has 166 valence electrons. The van der Waals surface area contributed by atoms with Crippen LogP contribution in [0.5, 0.6) is 5.75 Å². The Labute approximate surface area is 191 Å². The Bertz CT molecular complexity index is 1100. The lowest BCUT2D eigenvalue weighted by atomic mass is 10.1. The predicted molar refractivity (Wildman–Crippen MR) is 124 cm³/mol. The van der Waals surface area contributed by atoms with Gasteiger partial charge in [-0.25, -0.2) is 0 Å². The monoisotopic (exact) mass is 450 g/mol. The van der Waals surface area contributed by atoms with Gasteiger partial charge in [-0.3, -0.25) is 9.59 Å². The Morgan fingerprint density at radius 1 is 1.03 bits per heavy atom. The summed E-state index contributed by atoms with van der Waals surface area (Å²) < 4.78 is 5.79. The summed E-state index contributed by atoms with van der Waals surface area (Å²) >= 11 is 1.18. The molecule has 0 aliphatic heterocycles. The molecule has 0 atom stereocenters. The molecule has 7 nitrogen and oxygen atoms in total. The first-order chi connectivity index (χ1) is 15.5. The highest BCUT2D eigenvalue weighted by Crippen LogP contribution is 2.21. The molecule has 2 amide bonds. The van der Waals surface area contributed by atoms with Gasteiger partial charge in [0.15, 0.2) is 5.01 Å². The molecule has 1 saturated carbocycles. The molecule has 1 heterocycles. The zero-order valence-electron chi connectivity index (χ0n) is 18.2. The van der Waals surface area contributed by atoms with Gasteiger partial charge in [0.25, 0.3) is 11.8 Å². The van der Waals surface area contributed by atoms with Gasteiger partial charge >= 0.3 is 0 Å². The van der Waals surface area contributed by atoms with Gasteiger partial charge in [-0.2, -0.15) is 0 Å². The van der Waals surface area contributed by atoms with Crippen LogP contribution in [0.25, 0.3) is 0 Å². The van der Waals surface area contributed by atoms with Gasteiger partial charge in [0.05, 0.1) is 0 Å². The zero-order chi connectivity index (χ0) is 22.5. The third kappa shape index (κ3) is 5.70. The average Bonchev–Trinajstić information content (AvgIpc) is 3.44. The van der Waals surface area contributed by atoms with Crippen molar-refractivity contribution in [2.45, 2.75) is 52.2 Å². The molecule has 0 unspecified atom stereocenters. The van der Waals surface area contributed by atoms with Gasteiger partial charge in [0, 0.05) is 17.3 Å². The van der Waals surface area contributed by atoms with E-state index in [0.717, 1.165) is 42.6 Å². The summed E-state index contributed by atoms with van der Waals surface area (Å²) in [6, 6.07) is 13.1. The molecule has 0 radical (unpaired) electrons. The van der Waals surface area contributed by atoms with Crippen LogP contribution in [0.15, 0.2) is 42.5 Å². The minimum absolute atomic E-state index is 0.116. The van der Waals surface area contributed by atoms with Crippen LogP contribution in [-0.2, 0) is 6.61 Å². The molecule has 1 aliphatic rings. The number of aryl methyl sites for hydroxylation is 2. The molecule has 0 spiro atoms. The summed E-state index contributed by atoms with van der Waals surface area (Å²) in [5.74, 6) is 0.277. The lowest BCUT2D eigenvalue weighted by Crippen LogP contribution is -2.32. The minimum Gasteiger partial charge on any atom is -0.486 e. The van der Waals surface area contributed by atoms with Crippen molar-refractivity contribution in [1.82, 2.24) is 15.5 Å². The van der Waals surface area contributed by atoms with Crippen molar-refractivity contribution in [3.63, 3.8) is 0 Å². The number of carbonyl (C=O) groups excluding carboxylic acids is 2. The van der Waals surface area contributed by atoms with Crippen molar-refractivity contribution in [1.29, 1.82) is 0 Å². The standard InChI is InChI=1S/C24H26N4O3S/c1-15-10-16(2)12-20(11-15)31-14-21-27-28-24(32-21)23(30)26-19-9-5-6-17(13-19)22(29)25-18-7-3-4-8-18/h5-6,9-13,18H,3-4,7-8,14H2,1-2H3,(H,25,29)(H,26,30). The maximum absolute atomic E-state index is 12.6. The van der Waals surface area contributed by atoms with E-state index in [-0.39, 0.29) is 29.5 Å². The van der Waals surface area contributed by atoms with Gasteiger partial charge in [0.1, 0.15) is 12.4 Å². The Hall–Kier alpha value is -3.26. The number of ether oxygens (including phenoxy) is 1. The summed E-state index contributed by atoms with van der Waals surface area (Å²) in [6.45, 7) is 4.27. The van der Waals surface area contributed by atoms with Gasteiger partial charge in [0.2, 0.25) is 5.01 Å². The molecule has 0 bridgehead atoms. The fourth-order valence-corrected chi connectivity index (χ4v) is 4.47. The summed E-state index contributed by atoms with van der Waals surface area (Å²) in [6.07, 6.45) is 4.35. The summed E-state index contributed by atoms with van der Waals surface area (Å²) in [4.78, 5) is 25.1. The minimum atomic E-state index is -0.367. The molecule has 2 aromatic carbocycles. The fraction of sp³-hybridized carbons (Fsp3) is 0.333. The van der Waals surface area contributed by atoms with Crippen molar-refractivity contribution in [3.05, 3.63) is 69.2 Å². The Balaban J connectivity index is 1.35. The number of aromatic nitrogens is 2. The lowest BCUT2D eigenvalue weighted by molar-refractivity contribution is 0.0936. The molecule has 8 heteroatoms. The Kier molecular flexibility index (Phi) is 6.80. The average molecular weight is 451 g/mol. The van der Waals surface area contributed by atoms with E-state index in [1.54, 1.807) is 24.3 Å². The van der Waals surface area contributed by atoms with E-state index in [0.29, 0.717) is 16.3 Å². The normalized spacial score (nSPS) is 13.7. The third-order valence-corrected chi connectivity index (χ3v) is 6.19. The first kappa shape index (κ1) is 22.0. The maximum Gasteiger partial charge on any atom is 0.286 e. The number of nitrogens with zero attached hydrogens (tertiary/aromatic N) is 2.